The Morgan fingerprint density at radius 3 is 2.57 bits per heavy atom. The minimum atomic E-state index is -0.923. The Hall–Kier alpha value is -2.44. The Morgan fingerprint density at radius 1 is 1.38 bits per heavy atom. The molecule has 2 atom stereocenters. The van der Waals surface area contributed by atoms with E-state index < -0.39 is 16.8 Å². The van der Waals surface area contributed by atoms with Gasteiger partial charge < -0.3 is 10.0 Å². The number of non-ortho nitro benzene ring substituents is 1. The predicted octanol–water partition coefficient (Wildman–Crippen LogP) is 1.70. The first kappa shape index (κ1) is 15.0. The van der Waals surface area contributed by atoms with E-state index in [0.717, 1.165) is 0 Å². The number of aryl methyl sites for hydroxylation is 1. The lowest BCUT2D eigenvalue weighted by molar-refractivity contribution is -0.384. The molecular weight excluding hydrogens is 276 g/mol. The van der Waals surface area contributed by atoms with E-state index in [0.29, 0.717) is 12.1 Å². The van der Waals surface area contributed by atoms with Crippen molar-refractivity contribution < 1.29 is 19.6 Å². The average molecular weight is 292 g/mol. The summed E-state index contributed by atoms with van der Waals surface area (Å²) in [5.74, 6) is -2.00. The summed E-state index contributed by atoms with van der Waals surface area (Å²) in [6.45, 7) is 3.97. The molecule has 0 saturated carbocycles. The molecule has 7 nitrogen and oxygen atoms in total. The first-order valence-electron chi connectivity index (χ1n) is 6.58. The number of carbonyl (C=O) groups excluding carboxylic acids is 1. The number of amides is 1. The zero-order chi connectivity index (χ0) is 15.7. The van der Waals surface area contributed by atoms with Crippen molar-refractivity contribution >= 4 is 17.6 Å². The van der Waals surface area contributed by atoms with Gasteiger partial charge in [-0.2, -0.15) is 0 Å². The molecule has 1 aliphatic rings. The van der Waals surface area contributed by atoms with Crippen molar-refractivity contribution in [3.63, 3.8) is 0 Å². The number of aliphatic carboxylic acids is 1. The largest absolute Gasteiger partial charge is 0.481 e. The number of rotatable bonds is 3. The zero-order valence-electron chi connectivity index (χ0n) is 11.8. The minimum absolute atomic E-state index is 0.134. The normalized spacial score (nSPS) is 21.3. The molecule has 0 aliphatic carbocycles. The second-order valence-corrected chi connectivity index (χ2v) is 5.39. The van der Waals surface area contributed by atoms with Gasteiger partial charge in [-0.1, -0.05) is 13.0 Å². The van der Waals surface area contributed by atoms with E-state index in [1.165, 1.54) is 23.1 Å². The maximum absolute atomic E-state index is 12.5. The number of nitro benzene ring substituents is 1. The molecule has 1 heterocycles. The van der Waals surface area contributed by atoms with E-state index in [9.17, 15) is 19.7 Å². The highest BCUT2D eigenvalue weighted by molar-refractivity contribution is 5.96. The molecule has 0 aromatic heterocycles. The van der Waals surface area contributed by atoms with E-state index in [1.54, 1.807) is 13.8 Å². The highest BCUT2D eigenvalue weighted by Crippen LogP contribution is 2.26. The van der Waals surface area contributed by atoms with Crippen LogP contribution >= 0.6 is 0 Å². The van der Waals surface area contributed by atoms with Crippen molar-refractivity contribution in [2.45, 2.75) is 13.8 Å². The van der Waals surface area contributed by atoms with Crippen LogP contribution < -0.4 is 0 Å². The maximum Gasteiger partial charge on any atom is 0.308 e. The molecule has 1 fully saturated rings. The molecule has 1 aromatic carbocycles. The highest BCUT2D eigenvalue weighted by Gasteiger charge is 2.37. The quantitative estimate of drug-likeness (QED) is 0.675. The van der Waals surface area contributed by atoms with Gasteiger partial charge in [0.05, 0.1) is 10.8 Å². The SMILES string of the molecule is Cc1ccc([N+](=O)[O-])cc1C(=O)N1C[C@@H](C)[C@H](C(=O)O)C1. The fraction of sp³-hybridized carbons (Fsp3) is 0.429. The zero-order valence-corrected chi connectivity index (χ0v) is 11.8. The standard InChI is InChI=1S/C14H16N2O5/c1-8-3-4-10(16(20)21)5-11(8)13(17)15-6-9(2)12(7-15)14(18)19/h3-5,9,12H,6-7H2,1-2H3,(H,18,19)/t9-,12-/m1/s1. The molecule has 7 heteroatoms. The van der Waals surface area contributed by atoms with Gasteiger partial charge >= 0.3 is 5.97 Å². The topological polar surface area (TPSA) is 101 Å². The van der Waals surface area contributed by atoms with E-state index in [-0.39, 0.29) is 29.6 Å². The lowest BCUT2D eigenvalue weighted by Gasteiger charge is -2.17. The number of carbonyl (C=O) groups is 2. The van der Waals surface area contributed by atoms with Gasteiger partial charge in [0.1, 0.15) is 0 Å². The number of hydrogen-bond donors (Lipinski definition) is 1. The van der Waals surface area contributed by atoms with Crippen molar-refractivity contribution in [2.24, 2.45) is 11.8 Å². The molecule has 112 valence electrons. The van der Waals surface area contributed by atoms with Crippen LogP contribution in [0, 0.1) is 28.9 Å². The van der Waals surface area contributed by atoms with Crippen LogP contribution in [0.4, 0.5) is 5.69 Å². The van der Waals surface area contributed by atoms with Crippen LogP contribution in [-0.4, -0.2) is 39.9 Å². The summed E-state index contributed by atoms with van der Waals surface area (Å²) in [7, 11) is 0. The van der Waals surface area contributed by atoms with Gasteiger partial charge in [0.25, 0.3) is 11.6 Å². The fourth-order valence-electron chi connectivity index (χ4n) is 2.58. The fourth-order valence-corrected chi connectivity index (χ4v) is 2.58. The molecule has 1 aliphatic heterocycles. The number of nitro groups is 1. The van der Waals surface area contributed by atoms with E-state index in [2.05, 4.69) is 0 Å². The van der Waals surface area contributed by atoms with Crippen molar-refractivity contribution in [2.75, 3.05) is 13.1 Å². The first-order chi connectivity index (χ1) is 9.81. The number of hydrogen-bond acceptors (Lipinski definition) is 4. The maximum atomic E-state index is 12.5. The molecule has 2 rings (SSSR count). The van der Waals surface area contributed by atoms with Crippen LogP contribution in [0.1, 0.15) is 22.8 Å². The van der Waals surface area contributed by atoms with Crippen molar-refractivity contribution in [1.29, 1.82) is 0 Å². The number of carboxylic acid groups (broad SMARTS) is 1. The predicted molar refractivity (Wildman–Crippen MR) is 74.0 cm³/mol. The average Bonchev–Trinajstić information content (AvgIpc) is 2.80. The number of carboxylic acids is 1. The van der Waals surface area contributed by atoms with Crippen LogP contribution in [0.15, 0.2) is 18.2 Å². The third-order valence-corrected chi connectivity index (χ3v) is 3.88. The molecular formula is C14H16N2O5. The van der Waals surface area contributed by atoms with Gasteiger partial charge in [0.2, 0.25) is 0 Å². The Labute approximate surface area is 121 Å². The Bertz CT molecular complexity index is 613. The molecule has 0 radical (unpaired) electrons. The van der Waals surface area contributed by atoms with Crippen LogP contribution in [0.3, 0.4) is 0 Å². The molecule has 0 unspecified atom stereocenters. The molecule has 1 amide bonds. The lowest BCUT2D eigenvalue weighted by Crippen LogP contribution is -2.30. The van der Waals surface area contributed by atoms with Gasteiger partial charge in [-0.3, -0.25) is 19.7 Å². The summed E-state index contributed by atoms with van der Waals surface area (Å²) in [6, 6.07) is 4.12. The summed E-state index contributed by atoms with van der Waals surface area (Å²) in [6.07, 6.45) is 0. The van der Waals surface area contributed by atoms with E-state index in [4.69, 9.17) is 5.11 Å². The van der Waals surface area contributed by atoms with E-state index >= 15 is 0 Å². The van der Waals surface area contributed by atoms with Crippen LogP contribution in [0.5, 0.6) is 0 Å². The summed E-state index contributed by atoms with van der Waals surface area (Å²) >= 11 is 0. The summed E-state index contributed by atoms with van der Waals surface area (Å²) in [5.41, 5.74) is 0.741. The van der Waals surface area contributed by atoms with Crippen LogP contribution in [0.2, 0.25) is 0 Å². The molecule has 1 saturated heterocycles. The minimum Gasteiger partial charge on any atom is -0.481 e. The van der Waals surface area contributed by atoms with Crippen molar-refractivity contribution in [3.8, 4) is 0 Å². The van der Waals surface area contributed by atoms with Gasteiger partial charge in [-0.05, 0) is 18.4 Å². The molecule has 0 bridgehead atoms. The monoisotopic (exact) mass is 292 g/mol. The highest BCUT2D eigenvalue weighted by atomic mass is 16.6. The second kappa shape index (κ2) is 5.51. The molecule has 0 spiro atoms. The molecule has 21 heavy (non-hydrogen) atoms. The Balaban J connectivity index is 2.27. The van der Waals surface area contributed by atoms with Gasteiger partial charge in [0, 0.05) is 30.8 Å². The Kier molecular flexibility index (Phi) is 3.93. The van der Waals surface area contributed by atoms with Crippen LogP contribution in [-0.2, 0) is 4.79 Å². The third-order valence-electron chi connectivity index (χ3n) is 3.88. The number of benzene rings is 1. The summed E-state index contributed by atoms with van der Waals surface area (Å²) in [5, 5.41) is 19.9. The lowest BCUT2D eigenvalue weighted by atomic mass is 9.99. The number of likely N-dealkylation sites (tertiary alicyclic amines) is 1. The van der Waals surface area contributed by atoms with Crippen molar-refractivity contribution in [3.05, 3.63) is 39.4 Å². The van der Waals surface area contributed by atoms with Gasteiger partial charge in [-0.15, -0.1) is 0 Å². The molecule has 1 N–H and O–H groups in total. The summed E-state index contributed by atoms with van der Waals surface area (Å²) in [4.78, 5) is 35.3. The van der Waals surface area contributed by atoms with Crippen molar-refractivity contribution in [1.82, 2.24) is 4.90 Å². The Morgan fingerprint density at radius 2 is 2.05 bits per heavy atom. The number of nitrogens with zero attached hydrogens (tertiary/aromatic N) is 2. The van der Waals surface area contributed by atoms with E-state index in [1.807, 2.05) is 0 Å². The van der Waals surface area contributed by atoms with Crippen LogP contribution in [0.25, 0.3) is 0 Å². The first-order valence-corrected chi connectivity index (χ1v) is 6.58. The second-order valence-electron chi connectivity index (χ2n) is 5.39. The summed E-state index contributed by atoms with van der Waals surface area (Å²) < 4.78 is 0. The molecule has 1 aromatic rings. The van der Waals surface area contributed by atoms with Gasteiger partial charge in [0.15, 0.2) is 0 Å². The van der Waals surface area contributed by atoms with Gasteiger partial charge in [-0.25, -0.2) is 0 Å². The smallest absolute Gasteiger partial charge is 0.308 e. The third kappa shape index (κ3) is 2.86.